The maximum Gasteiger partial charge on any atom is 0.336 e. The van der Waals surface area contributed by atoms with Gasteiger partial charge in [0.25, 0.3) is 0 Å². The maximum absolute atomic E-state index is 10.5. The van der Waals surface area contributed by atoms with Crippen LogP contribution in [0.2, 0.25) is 0 Å². The van der Waals surface area contributed by atoms with Crippen molar-refractivity contribution in [3.05, 3.63) is 65.2 Å². The fourth-order valence-electron chi connectivity index (χ4n) is 1.42. The number of para-hydroxylation sites is 1. The summed E-state index contributed by atoms with van der Waals surface area (Å²) in [4.78, 5) is 20.9. The van der Waals surface area contributed by atoms with E-state index in [1.807, 2.05) is 25.1 Å². The molecule has 0 unspecified atom stereocenters. The number of hydrogen-bond acceptors (Lipinski definition) is 3. The number of aryl methyl sites for hydroxylation is 1. The van der Waals surface area contributed by atoms with E-state index in [0.717, 1.165) is 5.56 Å². The topological polar surface area (TPSA) is 94.8 Å². The molecule has 0 spiro atoms. The number of carbonyl (C=O) groups is 2. The molecule has 0 aliphatic rings. The Bertz CT molecular complexity index is 565. The highest BCUT2D eigenvalue weighted by Crippen LogP contribution is 2.12. The minimum absolute atomic E-state index is 0.190. The first-order valence-electron chi connectivity index (χ1n) is 5.73. The smallest absolute Gasteiger partial charge is 0.336 e. The number of rotatable bonds is 2. The zero-order valence-electron chi connectivity index (χ0n) is 10.8. The lowest BCUT2D eigenvalue weighted by molar-refractivity contribution is 0.0651. The molecule has 5 nitrogen and oxygen atoms in total. The lowest BCUT2D eigenvalue weighted by Crippen LogP contribution is -2.06. The van der Waals surface area contributed by atoms with Crippen molar-refractivity contribution in [3.8, 4) is 5.75 Å². The van der Waals surface area contributed by atoms with Crippen LogP contribution in [0.5, 0.6) is 5.75 Å². The molecule has 2 aromatic carbocycles. The third kappa shape index (κ3) is 4.13. The Balaban J connectivity index is 0.000000217. The summed E-state index contributed by atoms with van der Waals surface area (Å²) in [6, 6.07) is 12.7. The highest BCUT2D eigenvalue weighted by molar-refractivity contribution is 6.01. The molecular weight excluding hydrogens is 260 g/mol. The molecule has 0 fully saturated rings. The van der Waals surface area contributed by atoms with Crippen LogP contribution >= 0.6 is 0 Å². The molecule has 2 rings (SSSR count). The van der Waals surface area contributed by atoms with Crippen molar-refractivity contribution in [2.75, 3.05) is 0 Å². The van der Waals surface area contributed by atoms with Gasteiger partial charge in [0.1, 0.15) is 5.75 Å². The van der Waals surface area contributed by atoms with Crippen LogP contribution in [-0.2, 0) is 0 Å². The SMILES string of the molecule is Cc1ccccc1O.O=C(O)c1ccccc1C(=O)O. The second-order valence-corrected chi connectivity index (χ2v) is 3.94. The Labute approximate surface area is 115 Å². The lowest BCUT2D eigenvalue weighted by Gasteiger charge is -1.98. The monoisotopic (exact) mass is 274 g/mol. The van der Waals surface area contributed by atoms with Crippen LogP contribution in [0.4, 0.5) is 0 Å². The minimum Gasteiger partial charge on any atom is -0.508 e. The van der Waals surface area contributed by atoms with E-state index in [0.29, 0.717) is 5.75 Å². The van der Waals surface area contributed by atoms with Gasteiger partial charge in [-0.15, -0.1) is 0 Å². The van der Waals surface area contributed by atoms with Crippen molar-refractivity contribution in [3.63, 3.8) is 0 Å². The third-order valence-corrected chi connectivity index (χ3v) is 2.50. The normalized spacial score (nSPS) is 9.25. The Kier molecular flexibility index (Phi) is 5.29. The van der Waals surface area contributed by atoms with Gasteiger partial charge in [0, 0.05) is 0 Å². The van der Waals surface area contributed by atoms with Gasteiger partial charge in [-0.2, -0.15) is 0 Å². The molecule has 0 radical (unpaired) electrons. The summed E-state index contributed by atoms with van der Waals surface area (Å²) in [7, 11) is 0. The molecule has 104 valence electrons. The van der Waals surface area contributed by atoms with Gasteiger partial charge >= 0.3 is 11.9 Å². The van der Waals surface area contributed by atoms with Crippen LogP contribution in [0.15, 0.2) is 48.5 Å². The van der Waals surface area contributed by atoms with E-state index in [2.05, 4.69) is 0 Å². The van der Waals surface area contributed by atoms with E-state index >= 15 is 0 Å². The molecule has 3 N–H and O–H groups in total. The van der Waals surface area contributed by atoms with Gasteiger partial charge < -0.3 is 15.3 Å². The molecule has 0 atom stereocenters. The first-order valence-corrected chi connectivity index (χ1v) is 5.73. The fourth-order valence-corrected chi connectivity index (χ4v) is 1.42. The Morgan fingerprint density at radius 1 is 0.800 bits per heavy atom. The molecular formula is C15H14O5. The number of benzene rings is 2. The van der Waals surface area contributed by atoms with Crippen LogP contribution in [-0.4, -0.2) is 27.3 Å². The van der Waals surface area contributed by atoms with Gasteiger partial charge in [-0.25, -0.2) is 9.59 Å². The van der Waals surface area contributed by atoms with Gasteiger partial charge in [-0.05, 0) is 30.7 Å². The van der Waals surface area contributed by atoms with Gasteiger partial charge in [0.2, 0.25) is 0 Å². The minimum atomic E-state index is -1.23. The van der Waals surface area contributed by atoms with Crippen molar-refractivity contribution in [2.45, 2.75) is 6.92 Å². The zero-order chi connectivity index (χ0) is 15.1. The van der Waals surface area contributed by atoms with Gasteiger partial charge in [-0.3, -0.25) is 0 Å². The van der Waals surface area contributed by atoms with E-state index in [9.17, 15) is 9.59 Å². The van der Waals surface area contributed by atoms with Gasteiger partial charge in [0.05, 0.1) is 11.1 Å². The second kappa shape index (κ2) is 6.94. The Hall–Kier alpha value is -2.82. The fraction of sp³-hybridized carbons (Fsp3) is 0.0667. The van der Waals surface area contributed by atoms with Crippen molar-refractivity contribution >= 4 is 11.9 Å². The van der Waals surface area contributed by atoms with Crippen LogP contribution in [0.1, 0.15) is 26.3 Å². The summed E-state index contributed by atoms with van der Waals surface area (Å²) in [5, 5.41) is 26.0. The van der Waals surface area contributed by atoms with Crippen LogP contribution in [0.3, 0.4) is 0 Å². The van der Waals surface area contributed by atoms with Gasteiger partial charge in [0.15, 0.2) is 0 Å². The third-order valence-electron chi connectivity index (χ3n) is 2.50. The van der Waals surface area contributed by atoms with Crippen molar-refractivity contribution in [1.29, 1.82) is 0 Å². The Morgan fingerprint density at radius 3 is 1.50 bits per heavy atom. The molecule has 2 aromatic rings. The molecule has 0 aliphatic carbocycles. The first kappa shape index (κ1) is 15.2. The number of phenolic OH excluding ortho intramolecular Hbond substituents is 1. The summed E-state index contributed by atoms with van der Waals surface area (Å²) < 4.78 is 0. The number of hydrogen-bond donors (Lipinski definition) is 3. The lowest BCUT2D eigenvalue weighted by atomic mass is 10.1. The van der Waals surface area contributed by atoms with E-state index < -0.39 is 11.9 Å². The van der Waals surface area contributed by atoms with Crippen LogP contribution in [0.25, 0.3) is 0 Å². The maximum atomic E-state index is 10.5. The van der Waals surface area contributed by atoms with E-state index in [4.69, 9.17) is 15.3 Å². The predicted octanol–water partition coefficient (Wildman–Crippen LogP) is 2.78. The second-order valence-electron chi connectivity index (χ2n) is 3.94. The molecule has 20 heavy (non-hydrogen) atoms. The largest absolute Gasteiger partial charge is 0.508 e. The summed E-state index contributed by atoms with van der Waals surface area (Å²) in [6.45, 7) is 1.87. The Morgan fingerprint density at radius 2 is 1.20 bits per heavy atom. The number of aromatic hydroxyl groups is 1. The predicted molar refractivity (Wildman–Crippen MR) is 73.2 cm³/mol. The molecule has 0 aromatic heterocycles. The number of phenols is 1. The van der Waals surface area contributed by atoms with E-state index in [-0.39, 0.29) is 11.1 Å². The molecule has 0 amide bonds. The number of aromatic carboxylic acids is 2. The van der Waals surface area contributed by atoms with Crippen LogP contribution in [0, 0.1) is 6.92 Å². The quantitative estimate of drug-likeness (QED) is 0.782. The molecule has 0 aliphatic heterocycles. The highest BCUT2D eigenvalue weighted by Gasteiger charge is 2.13. The van der Waals surface area contributed by atoms with Crippen molar-refractivity contribution < 1.29 is 24.9 Å². The molecule has 0 saturated carbocycles. The van der Waals surface area contributed by atoms with E-state index in [1.165, 1.54) is 24.3 Å². The molecule has 0 bridgehead atoms. The molecule has 5 heteroatoms. The summed E-state index contributed by atoms with van der Waals surface area (Å²) in [5.74, 6) is -2.09. The average molecular weight is 274 g/mol. The summed E-state index contributed by atoms with van der Waals surface area (Å²) >= 11 is 0. The van der Waals surface area contributed by atoms with Crippen LogP contribution < -0.4 is 0 Å². The summed E-state index contributed by atoms with van der Waals surface area (Å²) in [6.07, 6.45) is 0. The standard InChI is InChI=1S/C8H6O4.C7H8O/c9-7(10)5-3-1-2-4-6(5)8(11)12;1-6-4-2-3-5-7(6)8/h1-4H,(H,9,10)(H,11,12);2-5,8H,1H3. The number of carboxylic acid groups (broad SMARTS) is 2. The molecule has 0 heterocycles. The first-order chi connectivity index (χ1) is 9.43. The highest BCUT2D eigenvalue weighted by atomic mass is 16.4. The van der Waals surface area contributed by atoms with Crippen molar-refractivity contribution in [2.24, 2.45) is 0 Å². The average Bonchev–Trinajstić information content (AvgIpc) is 2.43. The van der Waals surface area contributed by atoms with Crippen molar-refractivity contribution in [1.82, 2.24) is 0 Å². The zero-order valence-corrected chi connectivity index (χ0v) is 10.8. The van der Waals surface area contributed by atoms with E-state index in [1.54, 1.807) is 6.07 Å². The number of carboxylic acids is 2. The molecule has 0 saturated heterocycles. The summed E-state index contributed by atoms with van der Waals surface area (Å²) in [5.41, 5.74) is 0.544. The van der Waals surface area contributed by atoms with Gasteiger partial charge in [-0.1, -0.05) is 30.3 Å².